The van der Waals surface area contributed by atoms with Crippen molar-refractivity contribution < 1.29 is 23.5 Å². The van der Waals surface area contributed by atoms with Gasteiger partial charge in [-0.1, -0.05) is 18.2 Å². The molecule has 0 bridgehead atoms. The molecule has 1 atom stereocenters. The van der Waals surface area contributed by atoms with Gasteiger partial charge in [0.15, 0.2) is 11.5 Å². The molecule has 2 amide bonds. The Morgan fingerprint density at radius 1 is 1.02 bits per heavy atom. The Morgan fingerprint density at radius 2 is 1.75 bits per heavy atom. The summed E-state index contributed by atoms with van der Waals surface area (Å²) in [6, 6.07) is 17.7. The number of likely N-dealkylation sites (tertiary alicyclic amines) is 1. The summed E-state index contributed by atoms with van der Waals surface area (Å²) in [5, 5.41) is 8.99. The minimum atomic E-state index is -0.732. The Morgan fingerprint density at radius 3 is 2.45 bits per heavy atom. The van der Waals surface area contributed by atoms with Crippen molar-refractivity contribution in [1.82, 2.24) is 10.2 Å². The normalized spacial score (nSPS) is 18.8. The summed E-state index contributed by atoms with van der Waals surface area (Å²) < 4.78 is 24.4. The fraction of sp³-hybridized carbons (Fsp3) is 0.323. The van der Waals surface area contributed by atoms with E-state index in [2.05, 4.69) is 15.3 Å². The van der Waals surface area contributed by atoms with Gasteiger partial charge < -0.3 is 14.8 Å². The van der Waals surface area contributed by atoms with E-state index in [0.717, 1.165) is 23.4 Å². The van der Waals surface area contributed by atoms with Gasteiger partial charge in [0, 0.05) is 38.2 Å². The zero-order valence-electron chi connectivity index (χ0n) is 23.2. The Hall–Kier alpha value is -4.24. The molecule has 1 unspecified atom stereocenters. The first-order chi connectivity index (χ1) is 19.2. The third-order valence-corrected chi connectivity index (χ3v) is 7.64. The number of rotatable bonds is 8. The minimum Gasteiger partial charge on any atom is -0.493 e. The van der Waals surface area contributed by atoms with Crippen LogP contribution in [0.4, 0.5) is 10.1 Å². The standard InChI is InChI=1S/C31H33FN4O4/c1-20-15-24(10-11-25(20)32)36-30(38)31(2)19-35(14-13-28(31)34-36)18-21-5-8-23(9-6-21)29(37)33-17-22-7-12-26(39-3)27(16-22)40-4/h5-12,15-16H,13-14,17-19H2,1-4H3,(H,33,37). The van der Waals surface area contributed by atoms with Crippen LogP contribution in [0.5, 0.6) is 11.5 Å². The number of benzene rings is 3. The van der Waals surface area contributed by atoms with Crippen molar-refractivity contribution in [2.45, 2.75) is 33.4 Å². The SMILES string of the molecule is COc1ccc(CNC(=O)c2ccc(CN3CCC4=NN(c5ccc(F)c(C)c5)C(=O)C4(C)C3)cc2)cc1OC. The summed E-state index contributed by atoms with van der Waals surface area (Å²) in [4.78, 5) is 28.4. The highest BCUT2D eigenvalue weighted by Crippen LogP contribution is 2.38. The number of carbonyl (C=O) groups is 2. The van der Waals surface area contributed by atoms with Crippen molar-refractivity contribution in [3.8, 4) is 11.5 Å². The molecular formula is C31H33FN4O4. The molecule has 1 saturated heterocycles. The number of nitrogens with zero attached hydrogens (tertiary/aromatic N) is 3. The lowest BCUT2D eigenvalue weighted by atomic mass is 9.79. The van der Waals surface area contributed by atoms with E-state index in [1.54, 1.807) is 33.3 Å². The number of halogens is 1. The van der Waals surface area contributed by atoms with E-state index in [1.165, 1.54) is 11.1 Å². The fourth-order valence-electron chi connectivity index (χ4n) is 5.27. The van der Waals surface area contributed by atoms with Crippen LogP contribution < -0.4 is 19.8 Å². The number of hydrazone groups is 1. The van der Waals surface area contributed by atoms with Crippen molar-refractivity contribution >= 4 is 23.2 Å². The number of hydrogen-bond donors (Lipinski definition) is 1. The van der Waals surface area contributed by atoms with Crippen LogP contribution in [0, 0.1) is 18.2 Å². The smallest absolute Gasteiger partial charge is 0.260 e. The summed E-state index contributed by atoms with van der Waals surface area (Å²) in [6.07, 6.45) is 0.676. The molecule has 40 heavy (non-hydrogen) atoms. The predicted molar refractivity (Wildman–Crippen MR) is 151 cm³/mol. The molecule has 2 aliphatic heterocycles. The molecule has 2 aliphatic rings. The number of amides is 2. The van der Waals surface area contributed by atoms with Gasteiger partial charge in [-0.05, 0) is 73.0 Å². The molecule has 5 rings (SSSR count). The first-order valence-corrected chi connectivity index (χ1v) is 13.2. The van der Waals surface area contributed by atoms with E-state index in [9.17, 15) is 14.0 Å². The number of fused-ring (bicyclic) bond motifs is 1. The van der Waals surface area contributed by atoms with Crippen LogP contribution in [0.3, 0.4) is 0 Å². The van der Waals surface area contributed by atoms with Gasteiger partial charge in [0.1, 0.15) is 11.2 Å². The van der Waals surface area contributed by atoms with Crippen molar-refractivity contribution in [1.29, 1.82) is 0 Å². The molecule has 2 heterocycles. The van der Waals surface area contributed by atoms with Gasteiger partial charge >= 0.3 is 0 Å². The second-order valence-electron chi connectivity index (χ2n) is 10.5. The monoisotopic (exact) mass is 544 g/mol. The molecule has 9 heteroatoms. The van der Waals surface area contributed by atoms with E-state index in [-0.39, 0.29) is 17.6 Å². The van der Waals surface area contributed by atoms with Crippen LogP contribution in [0.1, 0.15) is 40.4 Å². The highest BCUT2D eigenvalue weighted by atomic mass is 19.1. The van der Waals surface area contributed by atoms with Crippen LogP contribution >= 0.6 is 0 Å². The summed E-state index contributed by atoms with van der Waals surface area (Å²) in [6.45, 7) is 5.93. The maximum atomic E-state index is 13.8. The second-order valence-corrected chi connectivity index (χ2v) is 10.5. The summed E-state index contributed by atoms with van der Waals surface area (Å²) in [7, 11) is 3.16. The van der Waals surface area contributed by atoms with Gasteiger partial charge in [0.05, 0.1) is 25.6 Å². The molecule has 0 aromatic heterocycles. The lowest BCUT2D eigenvalue weighted by Crippen LogP contribution is -2.50. The number of piperidine rings is 1. The van der Waals surface area contributed by atoms with E-state index in [0.29, 0.717) is 54.4 Å². The number of methoxy groups -OCH3 is 2. The van der Waals surface area contributed by atoms with E-state index < -0.39 is 5.41 Å². The number of hydrogen-bond acceptors (Lipinski definition) is 6. The minimum absolute atomic E-state index is 0.0975. The highest BCUT2D eigenvalue weighted by Gasteiger charge is 2.50. The first kappa shape index (κ1) is 27.3. The fourth-order valence-corrected chi connectivity index (χ4v) is 5.27. The number of nitrogens with one attached hydrogen (secondary N) is 1. The molecule has 0 spiro atoms. The largest absolute Gasteiger partial charge is 0.493 e. The van der Waals surface area contributed by atoms with Gasteiger partial charge in [-0.25, -0.2) is 4.39 Å². The molecule has 208 valence electrons. The zero-order valence-corrected chi connectivity index (χ0v) is 23.2. The average Bonchev–Trinajstić information content (AvgIpc) is 3.23. The summed E-state index contributed by atoms with van der Waals surface area (Å²) in [5.41, 5.74) is 3.71. The van der Waals surface area contributed by atoms with Crippen LogP contribution in [-0.2, 0) is 17.9 Å². The highest BCUT2D eigenvalue weighted by molar-refractivity contribution is 6.19. The summed E-state index contributed by atoms with van der Waals surface area (Å²) in [5.74, 6) is 0.678. The first-order valence-electron chi connectivity index (χ1n) is 13.2. The quantitative estimate of drug-likeness (QED) is 0.445. The topological polar surface area (TPSA) is 83.5 Å². The molecule has 0 radical (unpaired) electrons. The van der Waals surface area contributed by atoms with Crippen LogP contribution in [-0.4, -0.2) is 49.7 Å². The number of anilines is 1. The molecule has 8 nitrogen and oxygen atoms in total. The lowest BCUT2D eigenvalue weighted by Gasteiger charge is -2.37. The van der Waals surface area contributed by atoms with Crippen molar-refractivity contribution in [3.63, 3.8) is 0 Å². The number of carbonyl (C=O) groups excluding carboxylic acids is 2. The number of ether oxygens (including phenoxy) is 2. The van der Waals surface area contributed by atoms with Gasteiger partial charge in [-0.2, -0.15) is 10.1 Å². The Balaban J connectivity index is 1.19. The Bertz CT molecular complexity index is 1470. The van der Waals surface area contributed by atoms with Crippen molar-refractivity contribution in [3.05, 3.63) is 88.7 Å². The predicted octanol–water partition coefficient (Wildman–Crippen LogP) is 4.70. The van der Waals surface area contributed by atoms with Gasteiger partial charge in [0.25, 0.3) is 11.8 Å². The zero-order chi connectivity index (χ0) is 28.4. The lowest BCUT2D eigenvalue weighted by molar-refractivity contribution is -0.124. The maximum Gasteiger partial charge on any atom is 0.260 e. The Labute approximate surface area is 233 Å². The van der Waals surface area contributed by atoms with Crippen LogP contribution in [0.15, 0.2) is 65.8 Å². The van der Waals surface area contributed by atoms with Crippen molar-refractivity contribution in [2.75, 3.05) is 32.3 Å². The van der Waals surface area contributed by atoms with Crippen LogP contribution in [0.2, 0.25) is 0 Å². The van der Waals surface area contributed by atoms with Gasteiger partial charge in [0.2, 0.25) is 0 Å². The second kappa shape index (κ2) is 11.1. The Kier molecular flexibility index (Phi) is 7.58. The van der Waals surface area contributed by atoms with E-state index >= 15 is 0 Å². The maximum absolute atomic E-state index is 13.8. The molecule has 0 aliphatic carbocycles. The van der Waals surface area contributed by atoms with Gasteiger partial charge in [-0.15, -0.1) is 0 Å². The molecule has 3 aromatic carbocycles. The molecule has 0 saturated carbocycles. The summed E-state index contributed by atoms with van der Waals surface area (Å²) >= 11 is 0. The van der Waals surface area contributed by atoms with E-state index in [4.69, 9.17) is 9.47 Å². The van der Waals surface area contributed by atoms with Crippen molar-refractivity contribution in [2.24, 2.45) is 10.5 Å². The third kappa shape index (κ3) is 5.29. The molecule has 1 fully saturated rings. The van der Waals surface area contributed by atoms with Crippen LogP contribution in [0.25, 0.3) is 0 Å². The molecule has 1 N–H and O–H groups in total. The average molecular weight is 545 g/mol. The molecule has 3 aromatic rings. The molecular weight excluding hydrogens is 511 g/mol. The van der Waals surface area contributed by atoms with E-state index in [1.807, 2.05) is 49.4 Å². The number of aryl methyl sites for hydroxylation is 1. The third-order valence-electron chi connectivity index (χ3n) is 7.64. The van der Waals surface area contributed by atoms with Gasteiger partial charge in [-0.3, -0.25) is 14.5 Å².